The summed E-state index contributed by atoms with van der Waals surface area (Å²) in [6, 6.07) is 6.19. The summed E-state index contributed by atoms with van der Waals surface area (Å²) in [5.41, 5.74) is 0.433. The van der Waals surface area contributed by atoms with Gasteiger partial charge in [-0.3, -0.25) is 0 Å². The Hall–Kier alpha value is -1.79. The molecule has 1 aromatic heterocycles. The van der Waals surface area contributed by atoms with Crippen LogP contribution in [-0.2, 0) is 5.41 Å². The molecule has 0 amide bonds. The van der Waals surface area contributed by atoms with Gasteiger partial charge in [0.1, 0.15) is 5.82 Å². The van der Waals surface area contributed by atoms with Crippen molar-refractivity contribution in [1.82, 2.24) is 15.5 Å². The zero-order chi connectivity index (χ0) is 15.0. The number of hydrogen-bond acceptors (Lipinski definition) is 5. The summed E-state index contributed by atoms with van der Waals surface area (Å²) < 4.78 is 18.4. The van der Waals surface area contributed by atoms with E-state index in [1.54, 1.807) is 12.1 Å². The molecule has 0 saturated carbocycles. The van der Waals surface area contributed by atoms with E-state index >= 15 is 0 Å². The average Bonchev–Trinajstić information content (AvgIpc) is 3.08. The number of aromatic nitrogens is 2. The van der Waals surface area contributed by atoms with Crippen LogP contribution in [0.2, 0.25) is 0 Å². The third-order valence-electron chi connectivity index (χ3n) is 3.97. The number of rotatable bonds is 3. The van der Waals surface area contributed by atoms with Gasteiger partial charge in [-0.1, -0.05) is 17.3 Å². The molecule has 1 saturated heterocycles. The molecule has 0 spiro atoms. The van der Waals surface area contributed by atoms with Crippen LogP contribution in [0.5, 0.6) is 0 Å². The van der Waals surface area contributed by atoms with Gasteiger partial charge in [0.2, 0.25) is 5.89 Å². The van der Waals surface area contributed by atoms with Gasteiger partial charge in [0.15, 0.2) is 5.82 Å². The summed E-state index contributed by atoms with van der Waals surface area (Å²) in [7, 11) is 0. The third kappa shape index (κ3) is 2.69. The molecule has 0 unspecified atom stereocenters. The van der Waals surface area contributed by atoms with E-state index in [4.69, 9.17) is 4.52 Å². The van der Waals surface area contributed by atoms with Crippen molar-refractivity contribution in [3.63, 3.8) is 0 Å². The van der Waals surface area contributed by atoms with Crippen molar-refractivity contribution in [2.75, 3.05) is 6.54 Å². The highest BCUT2D eigenvalue weighted by Crippen LogP contribution is 2.31. The fraction of sp³-hybridized carbons (Fsp3) is 0.467. The maximum atomic E-state index is 13.0. The Labute approximate surface area is 122 Å². The summed E-state index contributed by atoms with van der Waals surface area (Å²) in [6.45, 7) is 4.46. The molecular weight excluding hydrogens is 273 g/mol. The largest absolute Gasteiger partial charge is 0.392 e. The maximum Gasteiger partial charge on any atom is 0.243 e. The highest BCUT2D eigenvalue weighted by Gasteiger charge is 2.33. The number of nitrogens with zero attached hydrogens (tertiary/aromatic N) is 2. The zero-order valence-electron chi connectivity index (χ0n) is 12.0. The van der Waals surface area contributed by atoms with Crippen molar-refractivity contribution in [2.24, 2.45) is 0 Å². The second-order valence-electron chi connectivity index (χ2n) is 5.94. The van der Waals surface area contributed by atoms with E-state index in [0.29, 0.717) is 24.7 Å². The SMILES string of the molecule is CC(C)(c1ccc(F)cc1)c1noc([C@@H]2C[C@H](O)CN2)n1. The molecule has 6 heteroatoms. The molecule has 0 aliphatic carbocycles. The molecule has 5 nitrogen and oxygen atoms in total. The van der Waals surface area contributed by atoms with Crippen molar-refractivity contribution in [1.29, 1.82) is 0 Å². The second kappa shape index (κ2) is 5.20. The molecule has 1 aliphatic rings. The number of halogens is 1. The third-order valence-corrected chi connectivity index (χ3v) is 3.97. The lowest BCUT2D eigenvalue weighted by Gasteiger charge is -2.20. The molecule has 21 heavy (non-hydrogen) atoms. The van der Waals surface area contributed by atoms with E-state index < -0.39 is 5.41 Å². The molecule has 1 aliphatic heterocycles. The first kappa shape index (κ1) is 14.2. The summed E-state index contributed by atoms with van der Waals surface area (Å²) in [5, 5.41) is 16.7. The molecule has 1 aromatic carbocycles. The number of hydrogen-bond donors (Lipinski definition) is 2. The van der Waals surface area contributed by atoms with Crippen molar-refractivity contribution in [3.8, 4) is 0 Å². The predicted molar refractivity (Wildman–Crippen MR) is 74.2 cm³/mol. The van der Waals surface area contributed by atoms with Crippen LogP contribution in [0.1, 0.15) is 43.6 Å². The van der Waals surface area contributed by atoms with Crippen LogP contribution in [0.4, 0.5) is 4.39 Å². The van der Waals surface area contributed by atoms with Gasteiger partial charge in [0.25, 0.3) is 0 Å². The molecule has 0 bridgehead atoms. The fourth-order valence-corrected chi connectivity index (χ4v) is 2.53. The molecule has 0 radical (unpaired) electrons. The molecule has 2 N–H and O–H groups in total. The van der Waals surface area contributed by atoms with E-state index in [1.165, 1.54) is 12.1 Å². The minimum Gasteiger partial charge on any atom is -0.392 e. The molecule has 2 heterocycles. The van der Waals surface area contributed by atoms with E-state index in [9.17, 15) is 9.50 Å². The first-order chi connectivity index (χ1) is 9.96. The van der Waals surface area contributed by atoms with E-state index in [2.05, 4.69) is 15.5 Å². The Kier molecular flexibility index (Phi) is 3.51. The molecule has 112 valence electrons. The van der Waals surface area contributed by atoms with E-state index in [1.807, 2.05) is 13.8 Å². The van der Waals surface area contributed by atoms with Gasteiger partial charge in [-0.25, -0.2) is 4.39 Å². The van der Waals surface area contributed by atoms with Crippen LogP contribution < -0.4 is 5.32 Å². The summed E-state index contributed by atoms with van der Waals surface area (Å²) in [5.74, 6) is 0.761. The molecule has 2 atom stereocenters. The Morgan fingerprint density at radius 3 is 2.67 bits per heavy atom. The molecular formula is C15H18FN3O2. The van der Waals surface area contributed by atoms with Crippen LogP contribution in [0.3, 0.4) is 0 Å². The lowest BCUT2D eigenvalue weighted by Crippen LogP contribution is -2.21. The van der Waals surface area contributed by atoms with E-state index in [0.717, 1.165) is 5.56 Å². The summed E-state index contributed by atoms with van der Waals surface area (Å²) in [6.07, 6.45) is 0.189. The van der Waals surface area contributed by atoms with E-state index in [-0.39, 0.29) is 18.0 Å². The van der Waals surface area contributed by atoms with Gasteiger partial charge >= 0.3 is 0 Å². The predicted octanol–water partition coefficient (Wildman–Crippen LogP) is 1.93. The minimum absolute atomic E-state index is 0.106. The smallest absolute Gasteiger partial charge is 0.243 e. The normalized spacial score (nSPS) is 22.7. The van der Waals surface area contributed by atoms with Crippen molar-refractivity contribution in [2.45, 2.75) is 37.8 Å². The molecule has 3 rings (SSSR count). The maximum absolute atomic E-state index is 13.0. The van der Waals surface area contributed by atoms with Crippen molar-refractivity contribution in [3.05, 3.63) is 47.4 Å². The first-order valence-corrected chi connectivity index (χ1v) is 6.98. The van der Waals surface area contributed by atoms with Gasteiger partial charge in [-0.2, -0.15) is 4.98 Å². The quantitative estimate of drug-likeness (QED) is 0.904. The van der Waals surface area contributed by atoms with Gasteiger partial charge in [-0.15, -0.1) is 0 Å². The zero-order valence-corrected chi connectivity index (χ0v) is 12.0. The van der Waals surface area contributed by atoms with Gasteiger partial charge in [0.05, 0.1) is 17.6 Å². The Morgan fingerprint density at radius 2 is 2.05 bits per heavy atom. The topological polar surface area (TPSA) is 71.2 Å². The van der Waals surface area contributed by atoms with Gasteiger partial charge in [0, 0.05) is 6.54 Å². The minimum atomic E-state index is -0.479. The second-order valence-corrected chi connectivity index (χ2v) is 5.94. The summed E-state index contributed by atoms with van der Waals surface area (Å²) in [4.78, 5) is 4.45. The molecule has 2 aromatic rings. The Morgan fingerprint density at radius 1 is 1.33 bits per heavy atom. The van der Waals surface area contributed by atoms with Crippen molar-refractivity contribution >= 4 is 0 Å². The number of nitrogens with one attached hydrogen (secondary N) is 1. The van der Waals surface area contributed by atoms with Crippen LogP contribution >= 0.6 is 0 Å². The highest BCUT2D eigenvalue weighted by atomic mass is 19.1. The monoisotopic (exact) mass is 291 g/mol. The number of benzene rings is 1. The Balaban J connectivity index is 1.86. The van der Waals surface area contributed by atoms with Crippen LogP contribution in [0, 0.1) is 5.82 Å². The van der Waals surface area contributed by atoms with Crippen molar-refractivity contribution < 1.29 is 14.0 Å². The van der Waals surface area contributed by atoms with Gasteiger partial charge in [-0.05, 0) is 38.0 Å². The van der Waals surface area contributed by atoms with Crippen LogP contribution in [0.25, 0.3) is 0 Å². The lowest BCUT2D eigenvalue weighted by molar-refractivity contribution is 0.191. The Bertz CT molecular complexity index is 624. The standard InChI is InChI=1S/C15H18FN3O2/c1-15(2,9-3-5-10(16)6-4-9)14-18-13(21-19-14)12-7-11(20)8-17-12/h3-6,11-12,17,20H,7-8H2,1-2H3/t11-,12-/m0/s1. The average molecular weight is 291 g/mol. The van der Waals surface area contributed by atoms with Crippen LogP contribution in [0.15, 0.2) is 28.8 Å². The highest BCUT2D eigenvalue weighted by molar-refractivity contribution is 5.30. The summed E-state index contributed by atoms with van der Waals surface area (Å²) >= 11 is 0. The molecule has 1 fully saturated rings. The van der Waals surface area contributed by atoms with Gasteiger partial charge < -0.3 is 14.9 Å². The number of β-amino-alcohol motifs (C(OH)–C–C–N with tert-alkyl or cyclic N) is 1. The first-order valence-electron chi connectivity index (χ1n) is 6.98. The number of aliphatic hydroxyl groups excluding tert-OH is 1. The van der Waals surface area contributed by atoms with Crippen LogP contribution in [-0.4, -0.2) is 27.9 Å². The fourth-order valence-electron chi connectivity index (χ4n) is 2.53. The lowest BCUT2D eigenvalue weighted by atomic mass is 9.84. The number of aliphatic hydroxyl groups is 1.